The van der Waals surface area contributed by atoms with Crippen LogP contribution in [0.5, 0.6) is 0 Å². The molecular formula is C29H23N5O4. The summed E-state index contributed by atoms with van der Waals surface area (Å²) >= 11 is 0. The van der Waals surface area contributed by atoms with Crippen molar-refractivity contribution in [2.24, 2.45) is 5.84 Å². The van der Waals surface area contributed by atoms with Crippen molar-refractivity contribution in [2.75, 3.05) is 6.54 Å². The molecule has 38 heavy (non-hydrogen) atoms. The van der Waals surface area contributed by atoms with E-state index in [1.165, 1.54) is 4.90 Å². The van der Waals surface area contributed by atoms with Crippen molar-refractivity contribution in [2.45, 2.75) is 18.9 Å². The molecule has 1 atom stereocenters. The molecule has 4 N–H and O–H groups in total. The zero-order valence-electron chi connectivity index (χ0n) is 20.2. The SMILES string of the molecule is NNC(=O)c1cc(-c2ccccc2C#Cc2ccc(C(=O)N3CCCC3C(=O)O)cc2)nc2ccncc12. The van der Waals surface area contributed by atoms with E-state index in [-0.39, 0.29) is 5.91 Å². The maximum absolute atomic E-state index is 12.8. The van der Waals surface area contributed by atoms with Crippen LogP contribution in [-0.2, 0) is 4.79 Å². The van der Waals surface area contributed by atoms with Crippen molar-refractivity contribution in [3.05, 3.63) is 95.3 Å². The van der Waals surface area contributed by atoms with Gasteiger partial charge in [-0.25, -0.2) is 15.6 Å². The van der Waals surface area contributed by atoms with Crippen molar-refractivity contribution >= 4 is 28.7 Å². The molecule has 1 saturated heterocycles. The minimum Gasteiger partial charge on any atom is -0.480 e. The highest BCUT2D eigenvalue weighted by Crippen LogP contribution is 2.27. The van der Waals surface area contributed by atoms with Gasteiger partial charge in [-0.15, -0.1) is 0 Å². The number of hydrogen-bond donors (Lipinski definition) is 3. The average Bonchev–Trinajstić information content (AvgIpc) is 3.46. The summed E-state index contributed by atoms with van der Waals surface area (Å²) in [5.74, 6) is 9.95. The molecule has 2 aromatic heterocycles. The number of carboxylic acid groups (broad SMARTS) is 1. The topological polar surface area (TPSA) is 139 Å². The molecule has 5 rings (SSSR count). The van der Waals surface area contributed by atoms with Gasteiger partial charge in [0.15, 0.2) is 0 Å². The van der Waals surface area contributed by atoms with Gasteiger partial charge >= 0.3 is 5.97 Å². The van der Waals surface area contributed by atoms with E-state index in [1.54, 1.807) is 48.8 Å². The molecule has 1 fully saturated rings. The summed E-state index contributed by atoms with van der Waals surface area (Å²) in [7, 11) is 0. The monoisotopic (exact) mass is 505 g/mol. The number of rotatable bonds is 4. The number of likely N-dealkylation sites (tertiary alicyclic amines) is 1. The second kappa shape index (κ2) is 10.5. The number of hydrazine groups is 1. The summed E-state index contributed by atoms with van der Waals surface area (Å²) in [5, 5.41) is 9.95. The van der Waals surface area contributed by atoms with E-state index >= 15 is 0 Å². The van der Waals surface area contributed by atoms with Gasteiger partial charge < -0.3 is 10.0 Å². The van der Waals surface area contributed by atoms with Gasteiger partial charge in [-0.05, 0) is 55.3 Å². The van der Waals surface area contributed by atoms with Gasteiger partial charge in [0, 0.05) is 46.6 Å². The molecule has 2 amide bonds. The first kappa shape index (κ1) is 24.6. The first-order chi connectivity index (χ1) is 18.5. The number of carboxylic acids is 1. The lowest BCUT2D eigenvalue weighted by Gasteiger charge is -2.21. The minimum atomic E-state index is -0.981. The smallest absolute Gasteiger partial charge is 0.326 e. The number of nitrogen functional groups attached to an aromatic ring is 1. The Morgan fingerprint density at radius 2 is 1.84 bits per heavy atom. The molecule has 0 saturated carbocycles. The Hall–Kier alpha value is -5.07. The molecule has 2 aromatic carbocycles. The van der Waals surface area contributed by atoms with Crippen molar-refractivity contribution in [3.8, 4) is 23.1 Å². The molecule has 3 heterocycles. The molecule has 0 bridgehead atoms. The Morgan fingerprint density at radius 1 is 1.05 bits per heavy atom. The van der Waals surface area contributed by atoms with Gasteiger partial charge in [-0.3, -0.25) is 20.0 Å². The largest absolute Gasteiger partial charge is 0.480 e. The number of aromatic nitrogens is 2. The van der Waals surface area contributed by atoms with E-state index < -0.39 is 17.9 Å². The third-order valence-corrected chi connectivity index (χ3v) is 6.46. The highest BCUT2D eigenvalue weighted by atomic mass is 16.4. The number of pyridine rings is 2. The van der Waals surface area contributed by atoms with Gasteiger partial charge in [-0.2, -0.15) is 0 Å². The molecule has 188 valence electrons. The van der Waals surface area contributed by atoms with Gasteiger partial charge in [0.05, 0.1) is 16.8 Å². The predicted octanol–water partition coefficient (Wildman–Crippen LogP) is 2.99. The lowest BCUT2D eigenvalue weighted by molar-refractivity contribution is -0.141. The van der Waals surface area contributed by atoms with E-state index in [2.05, 4.69) is 22.3 Å². The van der Waals surface area contributed by atoms with Gasteiger partial charge in [0.2, 0.25) is 0 Å². The van der Waals surface area contributed by atoms with Crippen LogP contribution < -0.4 is 11.3 Å². The zero-order chi connectivity index (χ0) is 26.6. The van der Waals surface area contributed by atoms with Gasteiger partial charge in [0.1, 0.15) is 6.04 Å². The molecule has 0 aliphatic carbocycles. The molecule has 4 aromatic rings. The van der Waals surface area contributed by atoms with Crippen LogP contribution in [0.2, 0.25) is 0 Å². The van der Waals surface area contributed by atoms with Crippen LogP contribution in [0, 0.1) is 11.8 Å². The fourth-order valence-electron chi connectivity index (χ4n) is 4.56. The van der Waals surface area contributed by atoms with Gasteiger partial charge in [-0.1, -0.05) is 30.0 Å². The number of hydrogen-bond acceptors (Lipinski definition) is 6. The molecule has 9 heteroatoms. The Bertz CT molecular complexity index is 1620. The van der Waals surface area contributed by atoms with Crippen molar-refractivity contribution in [1.29, 1.82) is 0 Å². The van der Waals surface area contributed by atoms with E-state index in [4.69, 9.17) is 10.8 Å². The lowest BCUT2D eigenvalue weighted by Crippen LogP contribution is -2.40. The molecular weight excluding hydrogens is 482 g/mol. The van der Waals surface area contributed by atoms with Crippen molar-refractivity contribution in [1.82, 2.24) is 20.3 Å². The molecule has 1 aliphatic heterocycles. The van der Waals surface area contributed by atoms with Gasteiger partial charge in [0.25, 0.3) is 11.8 Å². The van der Waals surface area contributed by atoms with E-state index in [0.717, 1.165) is 5.56 Å². The summed E-state index contributed by atoms with van der Waals surface area (Å²) in [5.41, 5.74) is 6.24. The van der Waals surface area contributed by atoms with Crippen LogP contribution in [0.1, 0.15) is 44.7 Å². The summed E-state index contributed by atoms with van der Waals surface area (Å²) < 4.78 is 0. The maximum Gasteiger partial charge on any atom is 0.326 e. The summed E-state index contributed by atoms with van der Waals surface area (Å²) in [4.78, 5) is 46.9. The van der Waals surface area contributed by atoms with E-state index in [1.807, 2.05) is 24.3 Å². The third-order valence-electron chi connectivity index (χ3n) is 6.46. The Balaban J connectivity index is 1.45. The number of fused-ring (bicyclic) bond motifs is 1. The number of amides is 2. The molecule has 1 unspecified atom stereocenters. The number of benzene rings is 2. The lowest BCUT2D eigenvalue weighted by atomic mass is 10.0. The molecule has 0 radical (unpaired) electrons. The van der Waals surface area contributed by atoms with Crippen LogP contribution in [0.4, 0.5) is 0 Å². The standard InChI is InChI=1S/C29H23N5O4/c30-33-27(35)22-16-25(32-24-13-14-31-17-23(22)24)21-5-2-1-4-19(21)10-7-18-8-11-20(12-9-18)28(36)34-15-3-6-26(34)29(37)38/h1-2,4-5,8-9,11-14,16-17,26H,3,6,15,30H2,(H,33,35)(H,37,38). The molecule has 9 nitrogen and oxygen atoms in total. The normalized spacial score (nSPS) is 14.6. The van der Waals surface area contributed by atoms with Crippen molar-refractivity contribution < 1.29 is 19.5 Å². The number of carbonyl (C=O) groups excluding carboxylic acids is 2. The minimum absolute atomic E-state index is 0.297. The predicted molar refractivity (Wildman–Crippen MR) is 141 cm³/mol. The first-order valence-corrected chi connectivity index (χ1v) is 12.0. The third kappa shape index (κ3) is 4.81. The molecule has 0 spiro atoms. The number of nitrogens with one attached hydrogen (secondary N) is 1. The second-order valence-electron chi connectivity index (χ2n) is 8.79. The molecule has 1 aliphatic rings. The number of nitrogens with zero attached hydrogens (tertiary/aromatic N) is 3. The second-order valence-corrected chi connectivity index (χ2v) is 8.79. The maximum atomic E-state index is 12.8. The van der Waals surface area contributed by atoms with Crippen LogP contribution in [0.3, 0.4) is 0 Å². The summed E-state index contributed by atoms with van der Waals surface area (Å²) in [6.45, 7) is 0.433. The first-order valence-electron chi connectivity index (χ1n) is 12.0. The number of carbonyl (C=O) groups is 3. The summed E-state index contributed by atoms with van der Waals surface area (Å²) in [6.07, 6.45) is 4.32. The number of nitrogens with two attached hydrogens (primary N) is 1. The van der Waals surface area contributed by atoms with E-state index in [9.17, 15) is 19.5 Å². The van der Waals surface area contributed by atoms with Crippen molar-refractivity contribution in [3.63, 3.8) is 0 Å². The van der Waals surface area contributed by atoms with Crippen LogP contribution in [0.15, 0.2) is 73.1 Å². The Morgan fingerprint density at radius 3 is 2.61 bits per heavy atom. The quantitative estimate of drug-likeness (QED) is 0.168. The highest BCUT2D eigenvalue weighted by molar-refractivity contribution is 6.06. The fraction of sp³-hybridized carbons (Fsp3) is 0.138. The highest BCUT2D eigenvalue weighted by Gasteiger charge is 2.34. The summed E-state index contributed by atoms with van der Waals surface area (Å²) in [6, 6.07) is 16.9. The number of aliphatic carboxylic acids is 1. The average molecular weight is 506 g/mol. The van der Waals surface area contributed by atoms with Crippen LogP contribution >= 0.6 is 0 Å². The van der Waals surface area contributed by atoms with E-state index in [0.29, 0.717) is 58.2 Å². The van der Waals surface area contributed by atoms with Crippen LogP contribution in [-0.4, -0.2) is 50.3 Å². The Labute approximate surface area is 218 Å². The fourth-order valence-corrected chi connectivity index (χ4v) is 4.56. The Kier molecular flexibility index (Phi) is 6.80. The van der Waals surface area contributed by atoms with Crippen LogP contribution in [0.25, 0.3) is 22.2 Å². The zero-order valence-corrected chi connectivity index (χ0v) is 20.2.